The van der Waals surface area contributed by atoms with Crippen molar-refractivity contribution in [3.63, 3.8) is 0 Å². The Balaban J connectivity index is 2.58. The number of rotatable bonds is 5. The molecule has 0 saturated heterocycles. The van der Waals surface area contributed by atoms with Gasteiger partial charge >= 0.3 is 5.97 Å². The van der Waals surface area contributed by atoms with Gasteiger partial charge in [-0.1, -0.05) is 23.7 Å². The van der Waals surface area contributed by atoms with Crippen LogP contribution >= 0.6 is 11.6 Å². The molecule has 0 aliphatic rings. The van der Waals surface area contributed by atoms with Gasteiger partial charge in [0.2, 0.25) is 0 Å². The fourth-order valence-corrected chi connectivity index (χ4v) is 1.48. The molecule has 0 aliphatic heterocycles. The van der Waals surface area contributed by atoms with Crippen molar-refractivity contribution in [2.45, 2.75) is 26.8 Å². The number of carboxylic acid groups (broad SMARTS) is 1. The van der Waals surface area contributed by atoms with Gasteiger partial charge in [-0.15, -0.1) is 0 Å². The molecular weight excluding hydrogens is 238 g/mol. The lowest BCUT2D eigenvalue weighted by atomic mass is 9.93. The Hall–Kier alpha value is -1.06. The van der Waals surface area contributed by atoms with Crippen molar-refractivity contribution in [3.05, 3.63) is 34.9 Å². The van der Waals surface area contributed by atoms with E-state index < -0.39 is 11.4 Å². The van der Waals surface area contributed by atoms with Crippen LogP contribution < -0.4 is 5.32 Å². The first-order valence-electron chi connectivity index (χ1n) is 5.55. The fraction of sp³-hybridized carbons (Fsp3) is 0.462. The molecule has 17 heavy (non-hydrogen) atoms. The maximum absolute atomic E-state index is 11.0. The fourth-order valence-electron chi connectivity index (χ4n) is 1.35. The molecule has 1 atom stereocenters. The van der Waals surface area contributed by atoms with E-state index in [0.717, 1.165) is 5.56 Å². The van der Waals surface area contributed by atoms with E-state index in [1.807, 2.05) is 31.2 Å². The molecule has 1 rings (SSSR count). The first-order chi connectivity index (χ1) is 7.83. The molecule has 0 heterocycles. The number of aliphatic carboxylic acids is 1. The lowest BCUT2D eigenvalue weighted by molar-refractivity contribution is -0.146. The molecule has 94 valence electrons. The lowest BCUT2D eigenvalue weighted by Gasteiger charge is -2.23. The average molecular weight is 256 g/mol. The smallest absolute Gasteiger partial charge is 0.310 e. The topological polar surface area (TPSA) is 49.3 Å². The van der Waals surface area contributed by atoms with Crippen LogP contribution in [-0.4, -0.2) is 17.6 Å². The quantitative estimate of drug-likeness (QED) is 0.850. The number of benzene rings is 1. The van der Waals surface area contributed by atoms with Gasteiger partial charge in [-0.05, 0) is 38.5 Å². The van der Waals surface area contributed by atoms with Gasteiger partial charge < -0.3 is 10.4 Å². The van der Waals surface area contributed by atoms with E-state index in [1.165, 1.54) is 0 Å². The normalized spacial score (nSPS) is 13.4. The number of carboxylic acids is 1. The molecular formula is C13H18ClNO2. The standard InChI is InChI=1S/C13H18ClNO2/c1-9(10-4-6-11(14)7-5-10)15-8-13(2,3)12(16)17/h4-7,9,15H,8H2,1-3H3,(H,16,17)/t9-/m1/s1. The lowest BCUT2D eigenvalue weighted by Crippen LogP contribution is -2.37. The van der Waals surface area contributed by atoms with Gasteiger partial charge in [-0.2, -0.15) is 0 Å². The van der Waals surface area contributed by atoms with Crippen molar-refractivity contribution in [2.75, 3.05) is 6.54 Å². The summed E-state index contributed by atoms with van der Waals surface area (Å²) in [4.78, 5) is 11.0. The van der Waals surface area contributed by atoms with Crippen LogP contribution in [-0.2, 0) is 4.79 Å². The van der Waals surface area contributed by atoms with Gasteiger partial charge in [-0.25, -0.2) is 0 Å². The third-order valence-corrected chi connectivity index (χ3v) is 3.05. The third-order valence-electron chi connectivity index (χ3n) is 2.80. The Kier molecular flexibility index (Phi) is 4.54. The third kappa shape index (κ3) is 4.02. The van der Waals surface area contributed by atoms with E-state index in [0.29, 0.717) is 11.6 Å². The van der Waals surface area contributed by atoms with Crippen molar-refractivity contribution >= 4 is 17.6 Å². The van der Waals surface area contributed by atoms with Crippen LogP contribution in [0.25, 0.3) is 0 Å². The molecule has 0 spiro atoms. The van der Waals surface area contributed by atoms with E-state index in [1.54, 1.807) is 13.8 Å². The molecule has 3 nitrogen and oxygen atoms in total. The van der Waals surface area contributed by atoms with E-state index >= 15 is 0 Å². The Labute approximate surface area is 107 Å². The van der Waals surface area contributed by atoms with Crippen LogP contribution in [0.3, 0.4) is 0 Å². The molecule has 4 heteroatoms. The average Bonchev–Trinajstić information content (AvgIpc) is 2.27. The van der Waals surface area contributed by atoms with Gasteiger partial charge in [-0.3, -0.25) is 4.79 Å². The molecule has 0 radical (unpaired) electrons. The van der Waals surface area contributed by atoms with Gasteiger partial charge in [0.15, 0.2) is 0 Å². The van der Waals surface area contributed by atoms with E-state index in [2.05, 4.69) is 5.32 Å². The molecule has 0 unspecified atom stereocenters. The van der Waals surface area contributed by atoms with E-state index in [9.17, 15) is 4.79 Å². The second-order valence-corrected chi connectivity index (χ2v) is 5.28. The molecule has 0 saturated carbocycles. The van der Waals surface area contributed by atoms with Crippen LogP contribution in [0.4, 0.5) is 0 Å². The zero-order valence-electron chi connectivity index (χ0n) is 10.3. The van der Waals surface area contributed by atoms with Gasteiger partial charge in [0, 0.05) is 17.6 Å². The maximum Gasteiger partial charge on any atom is 0.310 e. The van der Waals surface area contributed by atoms with Gasteiger partial charge in [0.1, 0.15) is 0 Å². The summed E-state index contributed by atoms with van der Waals surface area (Å²) in [7, 11) is 0. The zero-order valence-corrected chi connectivity index (χ0v) is 11.1. The van der Waals surface area contributed by atoms with Crippen LogP contribution in [0.2, 0.25) is 5.02 Å². The number of hydrogen-bond acceptors (Lipinski definition) is 2. The first-order valence-corrected chi connectivity index (χ1v) is 5.93. The van der Waals surface area contributed by atoms with Crippen LogP contribution in [0.1, 0.15) is 32.4 Å². The summed E-state index contributed by atoms with van der Waals surface area (Å²) in [6.07, 6.45) is 0. The maximum atomic E-state index is 11.0. The van der Waals surface area contributed by atoms with Crippen molar-refractivity contribution in [1.29, 1.82) is 0 Å². The minimum atomic E-state index is -0.798. The Morgan fingerprint density at radius 1 is 1.41 bits per heavy atom. The summed E-state index contributed by atoms with van der Waals surface area (Å²) in [5.41, 5.74) is 0.330. The summed E-state index contributed by atoms with van der Waals surface area (Å²) in [5.74, 6) is -0.798. The molecule has 2 N–H and O–H groups in total. The minimum absolute atomic E-state index is 0.103. The van der Waals surface area contributed by atoms with Crippen LogP contribution in [0.15, 0.2) is 24.3 Å². The predicted octanol–water partition coefficient (Wildman–Crippen LogP) is 3.10. The number of halogens is 1. The minimum Gasteiger partial charge on any atom is -0.481 e. The summed E-state index contributed by atoms with van der Waals surface area (Å²) in [6, 6.07) is 7.64. The highest BCUT2D eigenvalue weighted by Gasteiger charge is 2.27. The highest BCUT2D eigenvalue weighted by molar-refractivity contribution is 6.30. The van der Waals surface area contributed by atoms with Gasteiger partial charge in [0.05, 0.1) is 5.41 Å². The highest BCUT2D eigenvalue weighted by Crippen LogP contribution is 2.19. The monoisotopic (exact) mass is 255 g/mol. The zero-order chi connectivity index (χ0) is 13.1. The number of carbonyl (C=O) groups is 1. The van der Waals surface area contributed by atoms with Crippen molar-refractivity contribution in [1.82, 2.24) is 5.32 Å². The Morgan fingerprint density at radius 3 is 2.41 bits per heavy atom. The van der Waals surface area contributed by atoms with Crippen molar-refractivity contribution < 1.29 is 9.90 Å². The summed E-state index contributed by atoms with van der Waals surface area (Å²) in [5, 5.41) is 12.9. The molecule has 1 aromatic rings. The molecule has 0 aromatic heterocycles. The van der Waals surface area contributed by atoms with Crippen molar-refractivity contribution in [3.8, 4) is 0 Å². The molecule has 1 aromatic carbocycles. The first kappa shape index (κ1) is 14.0. The second kappa shape index (κ2) is 5.52. The van der Waals surface area contributed by atoms with Gasteiger partial charge in [0.25, 0.3) is 0 Å². The largest absolute Gasteiger partial charge is 0.481 e. The predicted molar refractivity (Wildman–Crippen MR) is 69.3 cm³/mol. The summed E-state index contributed by atoms with van der Waals surface area (Å²) >= 11 is 5.81. The molecule has 0 bridgehead atoms. The molecule has 0 amide bonds. The Bertz CT molecular complexity index is 387. The summed E-state index contributed by atoms with van der Waals surface area (Å²) in [6.45, 7) is 5.83. The SMILES string of the molecule is C[C@@H](NCC(C)(C)C(=O)O)c1ccc(Cl)cc1. The van der Waals surface area contributed by atoms with E-state index in [4.69, 9.17) is 16.7 Å². The number of hydrogen-bond donors (Lipinski definition) is 2. The Morgan fingerprint density at radius 2 is 1.94 bits per heavy atom. The van der Waals surface area contributed by atoms with Crippen LogP contribution in [0.5, 0.6) is 0 Å². The molecule has 0 fully saturated rings. The highest BCUT2D eigenvalue weighted by atomic mass is 35.5. The van der Waals surface area contributed by atoms with Crippen LogP contribution in [0, 0.1) is 5.41 Å². The summed E-state index contributed by atoms with van der Waals surface area (Å²) < 4.78 is 0. The van der Waals surface area contributed by atoms with Crippen molar-refractivity contribution in [2.24, 2.45) is 5.41 Å². The molecule has 0 aliphatic carbocycles. The second-order valence-electron chi connectivity index (χ2n) is 4.84. The number of nitrogens with one attached hydrogen (secondary N) is 1. The van der Waals surface area contributed by atoms with E-state index in [-0.39, 0.29) is 6.04 Å².